The van der Waals surface area contributed by atoms with Crippen LogP contribution < -0.4 is 0 Å². The smallest absolute Gasteiger partial charge is 0.317 e. The zero-order valence-corrected chi connectivity index (χ0v) is 28.7. The fourth-order valence-corrected chi connectivity index (χ4v) is 4.12. The van der Waals surface area contributed by atoms with Crippen molar-refractivity contribution < 1.29 is 33.5 Å². The fraction of sp³-hybridized carbons (Fsp3) is 1.00. The Hall–Kier alpha value is -0.280. The Morgan fingerprint density at radius 1 is 0.475 bits per heavy atom. The summed E-state index contributed by atoms with van der Waals surface area (Å²) in [5.41, 5.74) is -1.87. The van der Waals surface area contributed by atoms with E-state index in [-0.39, 0.29) is 6.61 Å². The molecule has 0 saturated carbocycles. The van der Waals surface area contributed by atoms with E-state index >= 15 is 0 Å². The molecule has 0 aliphatic carbocycles. The van der Waals surface area contributed by atoms with Crippen LogP contribution >= 0.6 is 0 Å². The van der Waals surface area contributed by atoms with Gasteiger partial charge in [-0.3, -0.25) is 0 Å². The predicted molar refractivity (Wildman–Crippen MR) is 164 cm³/mol. The van der Waals surface area contributed by atoms with Crippen molar-refractivity contribution in [1.82, 2.24) is 0 Å². The van der Waals surface area contributed by atoms with Gasteiger partial charge in [0.15, 0.2) is 0 Å². The Morgan fingerprint density at radius 3 is 1.32 bits per heavy atom. The van der Waals surface area contributed by atoms with Crippen LogP contribution in [-0.2, 0) is 33.5 Å². The minimum absolute atomic E-state index is 0.00721. The second-order valence-corrected chi connectivity index (χ2v) is 13.5. The molecule has 0 bridgehead atoms. The molecule has 2 unspecified atom stereocenters. The Labute approximate surface area is 248 Å². The van der Waals surface area contributed by atoms with E-state index in [9.17, 15) is 0 Å². The summed E-state index contributed by atoms with van der Waals surface area (Å²) in [5.74, 6) is -2.60. The first-order chi connectivity index (χ1) is 18.7. The highest BCUT2D eigenvalue weighted by atomic mass is 17.3. The normalized spacial score (nSPS) is 16.2. The molecule has 7 heteroatoms. The lowest BCUT2D eigenvalue weighted by atomic mass is 9.92. The number of ether oxygens (including phenoxy) is 5. The molecule has 0 N–H and O–H groups in total. The van der Waals surface area contributed by atoms with Crippen LogP contribution in [0.2, 0.25) is 0 Å². The first-order valence-corrected chi connectivity index (χ1v) is 16.2. The topological polar surface area (TPSA) is 64.6 Å². The summed E-state index contributed by atoms with van der Waals surface area (Å²) in [6, 6.07) is 0. The van der Waals surface area contributed by atoms with Crippen LogP contribution in [0.1, 0.15) is 154 Å². The van der Waals surface area contributed by atoms with Gasteiger partial charge in [-0.05, 0) is 60.3 Å². The van der Waals surface area contributed by atoms with Gasteiger partial charge < -0.3 is 23.7 Å². The largest absolute Gasteiger partial charge is 0.370 e. The van der Waals surface area contributed by atoms with Gasteiger partial charge in [0, 0.05) is 12.0 Å². The van der Waals surface area contributed by atoms with E-state index in [0.29, 0.717) is 26.4 Å². The molecule has 0 fully saturated rings. The standard InChI is InChI=1S/C33H68O7/c1-13-17-21-25-34-31(11,12)32(35-24-20-16-4,36-26-22-18-14-2)28-38-40-33(29(5,6)7,39-30(8,9)10)37-27-23-19-15-3/h13-28H2,1-12H3. The van der Waals surface area contributed by atoms with Gasteiger partial charge in [0.25, 0.3) is 0 Å². The van der Waals surface area contributed by atoms with Gasteiger partial charge in [0.2, 0.25) is 5.79 Å². The summed E-state index contributed by atoms with van der Waals surface area (Å²) in [6.07, 6.45) is 11.4. The highest BCUT2D eigenvalue weighted by Crippen LogP contribution is 2.41. The minimum Gasteiger partial charge on any atom is -0.370 e. The molecule has 0 spiro atoms. The SMILES string of the molecule is CCCCCOC(C)(C)C(COOC(OCCCCC)(OC(C)(C)C)C(C)(C)C)(OCCCC)OCCCCC. The van der Waals surface area contributed by atoms with Crippen LogP contribution in [0.3, 0.4) is 0 Å². The average Bonchev–Trinajstić information content (AvgIpc) is 2.85. The predicted octanol–water partition coefficient (Wildman–Crippen LogP) is 9.36. The lowest BCUT2D eigenvalue weighted by Crippen LogP contribution is -2.60. The first kappa shape index (κ1) is 39.7. The number of hydrogen-bond acceptors (Lipinski definition) is 7. The lowest BCUT2D eigenvalue weighted by Gasteiger charge is -2.47. The maximum atomic E-state index is 6.58. The third-order valence-electron chi connectivity index (χ3n) is 6.86. The average molecular weight is 577 g/mol. The Morgan fingerprint density at radius 2 is 0.900 bits per heavy atom. The summed E-state index contributed by atoms with van der Waals surface area (Å²) in [7, 11) is 0. The second kappa shape index (κ2) is 19.8. The molecule has 2 atom stereocenters. The maximum Gasteiger partial charge on any atom is 0.317 e. The van der Waals surface area contributed by atoms with Gasteiger partial charge in [-0.1, -0.05) is 93.4 Å². The number of hydrogen-bond donors (Lipinski definition) is 0. The summed E-state index contributed by atoms with van der Waals surface area (Å²) in [5, 5.41) is 0. The quantitative estimate of drug-likeness (QED) is 0.0464. The van der Waals surface area contributed by atoms with Gasteiger partial charge >= 0.3 is 5.97 Å². The molecule has 7 nitrogen and oxygen atoms in total. The Balaban J connectivity index is 6.18. The van der Waals surface area contributed by atoms with E-state index in [0.717, 1.165) is 70.6 Å². The molecule has 0 aromatic carbocycles. The van der Waals surface area contributed by atoms with Crippen molar-refractivity contribution in [3.05, 3.63) is 0 Å². The molecular formula is C33H68O7. The van der Waals surface area contributed by atoms with Crippen molar-refractivity contribution in [2.45, 2.75) is 177 Å². The number of rotatable bonds is 25. The van der Waals surface area contributed by atoms with Crippen molar-refractivity contribution in [3.8, 4) is 0 Å². The maximum absolute atomic E-state index is 6.58. The van der Waals surface area contributed by atoms with Gasteiger partial charge in [0.1, 0.15) is 12.2 Å². The molecule has 0 aromatic rings. The van der Waals surface area contributed by atoms with Crippen LogP contribution in [0, 0.1) is 5.41 Å². The van der Waals surface area contributed by atoms with E-state index in [1.54, 1.807) is 0 Å². The van der Waals surface area contributed by atoms with E-state index in [2.05, 4.69) is 27.7 Å². The third-order valence-corrected chi connectivity index (χ3v) is 6.86. The third kappa shape index (κ3) is 14.8. The molecule has 0 radical (unpaired) electrons. The molecule has 0 heterocycles. The monoisotopic (exact) mass is 576 g/mol. The van der Waals surface area contributed by atoms with Crippen molar-refractivity contribution in [1.29, 1.82) is 0 Å². The van der Waals surface area contributed by atoms with E-state index < -0.39 is 28.4 Å². The van der Waals surface area contributed by atoms with Crippen molar-refractivity contribution in [2.75, 3.05) is 33.0 Å². The van der Waals surface area contributed by atoms with Crippen molar-refractivity contribution in [3.63, 3.8) is 0 Å². The summed E-state index contributed by atoms with van der Waals surface area (Å²) in [4.78, 5) is 12.3. The van der Waals surface area contributed by atoms with E-state index in [4.69, 9.17) is 33.5 Å². The molecule has 0 aliphatic heterocycles. The zero-order chi connectivity index (χ0) is 30.8. The van der Waals surface area contributed by atoms with Crippen LogP contribution in [0.4, 0.5) is 0 Å². The van der Waals surface area contributed by atoms with Gasteiger partial charge in [-0.25, -0.2) is 4.89 Å². The molecule has 0 aliphatic rings. The summed E-state index contributed by atoms with van der Waals surface area (Å²) in [6.45, 7) is 27.1. The van der Waals surface area contributed by atoms with Crippen LogP contribution in [0.5, 0.6) is 0 Å². The van der Waals surface area contributed by atoms with Crippen molar-refractivity contribution >= 4 is 0 Å². The van der Waals surface area contributed by atoms with Crippen LogP contribution in [0.15, 0.2) is 0 Å². The molecule has 0 amide bonds. The fourth-order valence-electron chi connectivity index (χ4n) is 4.12. The minimum atomic E-state index is -1.43. The second-order valence-electron chi connectivity index (χ2n) is 13.5. The van der Waals surface area contributed by atoms with Gasteiger partial charge in [-0.2, -0.15) is 4.89 Å². The molecule has 0 aromatic heterocycles. The Bertz CT molecular complexity index is 611. The van der Waals surface area contributed by atoms with Gasteiger partial charge in [-0.15, -0.1) is 0 Å². The molecule has 242 valence electrons. The van der Waals surface area contributed by atoms with Gasteiger partial charge in [0.05, 0.1) is 25.4 Å². The molecule has 0 saturated heterocycles. The van der Waals surface area contributed by atoms with Crippen molar-refractivity contribution in [2.24, 2.45) is 5.41 Å². The molecule has 0 rings (SSSR count). The zero-order valence-electron chi connectivity index (χ0n) is 28.7. The van der Waals surface area contributed by atoms with Crippen LogP contribution in [-0.4, -0.2) is 56.0 Å². The number of unbranched alkanes of at least 4 members (excludes halogenated alkanes) is 7. The summed E-state index contributed by atoms with van der Waals surface area (Å²) < 4.78 is 32.5. The van der Waals surface area contributed by atoms with E-state index in [1.807, 2.05) is 55.4 Å². The van der Waals surface area contributed by atoms with Crippen LogP contribution in [0.25, 0.3) is 0 Å². The first-order valence-electron chi connectivity index (χ1n) is 16.2. The molecular weight excluding hydrogens is 508 g/mol. The highest BCUT2D eigenvalue weighted by molar-refractivity contribution is 4.90. The molecule has 40 heavy (non-hydrogen) atoms. The lowest BCUT2D eigenvalue weighted by molar-refractivity contribution is -0.556. The Kier molecular flexibility index (Phi) is 19.7. The van der Waals surface area contributed by atoms with E-state index in [1.165, 1.54) is 0 Å². The highest BCUT2D eigenvalue weighted by Gasteiger charge is 2.53. The summed E-state index contributed by atoms with van der Waals surface area (Å²) >= 11 is 0.